The van der Waals surface area contributed by atoms with Crippen molar-refractivity contribution >= 4 is 23.5 Å². The van der Waals surface area contributed by atoms with Crippen LogP contribution in [0.25, 0.3) is 0 Å². The van der Waals surface area contributed by atoms with Crippen LogP contribution in [0.15, 0.2) is 53.5 Å². The minimum absolute atomic E-state index is 0.106. The predicted octanol–water partition coefficient (Wildman–Crippen LogP) is 2.19. The summed E-state index contributed by atoms with van der Waals surface area (Å²) in [4.78, 5) is 28.0. The maximum absolute atomic E-state index is 12.6. The van der Waals surface area contributed by atoms with Gasteiger partial charge in [-0.05, 0) is 23.3 Å². The molecule has 4 rings (SSSR count). The predicted molar refractivity (Wildman–Crippen MR) is 89.4 cm³/mol. The van der Waals surface area contributed by atoms with Crippen molar-refractivity contribution in [2.24, 2.45) is 4.99 Å². The third-order valence-electron chi connectivity index (χ3n) is 4.45. The number of hydrogen-bond acceptors (Lipinski definition) is 3. The molecule has 0 saturated carbocycles. The molecule has 1 spiro atoms. The first-order valence-electron chi connectivity index (χ1n) is 7.64. The number of carboxylic acid groups (broad SMARTS) is 1. The Bertz CT molecular complexity index is 876. The number of anilines is 1. The summed E-state index contributed by atoms with van der Waals surface area (Å²) >= 11 is 0. The van der Waals surface area contributed by atoms with Crippen LogP contribution in [0, 0.1) is 0 Å². The number of carbonyl (C=O) groups excluding carboxylic acids is 1. The molecule has 2 aliphatic rings. The van der Waals surface area contributed by atoms with E-state index >= 15 is 0 Å². The molecule has 0 aromatic heterocycles. The molecule has 6 nitrogen and oxygen atoms in total. The van der Waals surface area contributed by atoms with Gasteiger partial charge >= 0.3 is 6.09 Å². The van der Waals surface area contributed by atoms with Crippen molar-refractivity contribution in [1.82, 2.24) is 5.32 Å². The van der Waals surface area contributed by atoms with Gasteiger partial charge in [0.2, 0.25) is 0 Å². The number of rotatable bonds is 2. The maximum atomic E-state index is 12.6. The van der Waals surface area contributed by atoms with E-state index in [0.29, 0.717) is 24.4 Å². The summed E-state index contributed by atoms with van der Waals surface area (Å²) in [6.45, 7) is 0. The van der Waals surface area contributed by atoms with Gasteiger partial charge in [0.1, 0.15) is 11.4 Å². The molecule has 2 amide bonds. The zero-order valence-electron chi connectivity index (χ0n) is 12.7. The molecular formula is C18H15N3O3. The number of aliphatic imine (C=N–C) groups is 1. The number of nitrogens with one attached hydrogen (secondary N) is 2. The Balaban J connectivity index is 1.66. The first-order valence-corrected chi connectivity index (χ1v) is 7.64. The van der Waals surface area contributed by atoms with Crippen molar-refractivity contribution in [2.75, 3.05) is 5.32 Å². The zero-order valence-corrected chi connectivity index (χ0v) is 12.7. The van der Waals surface area contributed by atoms with Crippen LogP contribution >= 0.6 is 0 Å². The van der Waals surface area contributed by atoms with E-state index in [1.807, 2.05) is 36.4 Å². The lowest BCUT2D eigenvalue weighted by Gasteiger charge is -2.14. The van der Waals surface area contributed by atoms with Crippen LogP contribution in [0.1, 0.15) is 16.7 Å². The summed E-state index contributed by atoms with van der Waals surface area (Å²) in [5.41, 5.74) is 2.54. The van der Waals surface area contributed by atoms with E-state index < -0.39 is 11.6 Å². The highest BCUT2D eigenvalue weighted by Gasteiger charge is 2.48. The van der Waals surface area contributed by atoms with Crippen LogP contribution in [-0.4, -0.2) is 28.5 Å². The quantitative estimate of drug-likeness (QED) is 0.792. The van der Waals surface area contributed by atoms with Crippen molar-refractivity contribution in [3.05, 3.63) is 65.2 Å². The molecule has 1 aliphatic carbocycles. The third kappa shape index (κ3) is 2.32. The van der Waals surface area contributed by atoms with Crippen LogP contribution < -0.4 is 10.6 Å². The van der Waals surface area contributed by atoms with Gasteiger partial charge in [-0.1, -0.05) is 36.4 Å². The molecule has 0 bridgehead atoms. The number of nitrogens with zero attached hydrogens (tertiary/aromatic N) is 1. The number of hydrogen-bond donors (Lipinski definition) is 3. The summed E-state index contributed by atoms with van der Waals surface area (Å²) in [7, 11) is 0. The molecule has 1 heterocycles. The first-order chi connectivity index (χ1) is 11.6. The lowest BCUT2D eigenvalue weighted by atomic mass is 9.97. The summed E-state index contributed by atoms with van der Waals surface area (Å²) in [6.07, 6.45) is -0.108. The number of amidine groups is 1. The van der Waals surface area contributed by atoms with E-state index in [9.17, 15) is 9.59 Å². The van der Waals surface area contributed by atoms with Crippen molar-refractivity contribution < 1.29 is 14.7 Å². The molecule has 2 aromatic carbocycles. The van der Waals surface area contributed by atoms with Crippen molar-refractivity contribution in [3.63, 3.8) is 0 Å². The smallest absolute Gasteiger partial charge is 0.409 e. The van der Waals surface area contributed by atoms with E-state index in [2.05, 4.69) is 10.6 Å². The van der Waals surface area contributed by atoms with Crippen LogP contribution in [0.4, 0.5) is 10.5 Å². The SMILES string of the molecule is O=C(O)Nc1ccc2c(c1)CC1(C2)N=C(c2ccccc2)NC1=O. The Morgan fingerprint density at radius 3 is 2.62 bits per heavy atom. The second kappa shape index (κ2) is 5.19. The van der Waals surface area contributed by atoms with Crippen LogP contribution in [0.3, 0.4) is 0 Å². The molecule has 24 heavy (non-hydrogen) atoms. The minimum atomic E-state index is -1.11. The van der Waals surface area contributed by atoms with Crippen LogP contribution in [-0.2, 0) is 17.6 Å². The Kier molecular flexibility index (Phi) is 3.13. The Hall–Kier alpha value is -3.15. The lowest BCUT2D eigenvalue weighted by Crippen LogP contribution is -2.40. The maximum Gasteiger partial charge on any atom is 0.409 e. The molecule has 1 atom stereocenters. The molecule has 2 aromatic rings. The van der Waals surface area contributed by atoms with Gasteiger partial charge in [-0.25, -0.2) is 4.79 Å². The van der Waals surface area contributed by atoms with Gasteiger partial charge in [-0.2, -0.15) is 0 Å². The second-order valence-corrected chi connectivity index (χ2v) is 6.08. The summed E-state index contributed by atoms with van der Waals surface area (Å²) in [5, 5.41) is 14.1. The summed E-state index contributed by atoms with van der Waals surface area (Å²) in [6, 6.07) is 14.9. The van der Waals surface area contributed by atoms with Gasteiger partial charge in [0, 0.05) is 24.1 Å². The van der Waals surface area contributed by atoms with Gasteiger partial charge in [-0.15, -0.1) is 0 Å². The van der Waals surface area contributed by atoms with Crippen molar-refractivity contribution in [1.29, 1.82) is 0 Å². The molecule has 0 saturated heterocycles. The Morgan fingerprint density at radius 1 is 1.12 bits per heavy atom. The van der Waals surface area contributed by atoms with Crippen molar-refractivity contribution in [3.8, 4) is 0 Å². The first kappa shape index (κ1) is 14.4. The molecule has 6 heteroatoms. The summed E-state index contributed by atoms with van der Waals surface area (Å²) < 4.78 is 0. The molecule has 1 aliphatic heterocycles. The molecule has 1 unspecified atom stereocenters. The van der Waals surface area contributed by atoms with Gasteiger partial charge in [0.15, 0.2) is 0 Å². The fraction of sp³-hybridized carbons (Fsp3) is 0.167. The zero-order chi connectivity index (χ0) is 16.7. The second-order valence-electron chi connectivity index (χ2n) is 6.08. The highest BCUT2D eigenvalue weighted by Crippen LogP contribution is 2.37. The highest BCUT2D eigenvalue weighted by molar-refractivity contribution is 6.15. The minimum Gasteiger partial charge on any atom is -0.465 e. The number of amides is 2. The van der Waals surface area contributed by atoms with Gasteiger partial charge in [0.05, 0.1) is 0 Å². The van der Waals surface area contributed by atoms with E-state index in [-0.39, 0.29) is 5.91 Å². The number of benzene rings is 2. The number of carbonyl (C=O) groups is 2. The standard InChI is InChI=1S/C18H15N3O3/c22-16-18(21-15(20-16)11-4-2-1-3-5-11)9-12-6-7-14(19-17(23)24)8-13(12)10-18/h1-8,19H,9-10H2,(H,23,24)(H,20,21,22). The van der Waals surface area contributed by atoms with Crippen LogP contribution in [0.5, 0.6) is 0 Å². The van der Waals surface area contributed by atoms with Gasteiger partial charge in [0.25, 0.3) is 5.91 Å². The fourth-order valence-electron chi connectivity index (χ4n) is 3.35. The average molecular weight is 321 g/mol. The van der Waals surface area contributed by atoms with Gasteiger partial charge < -0.3 is 10.4 Å². The molecule has 0 radical (unpaired) electrons. The number of fused-ring (bicyclic) bond motifs is 1. The van der Waals surface area contributed by atoms with E-state index in [4.69, 9.17) is 10.1 Å². The molecule has 120 valence electrons. The Morgan fingerprint density at radius 2 is 1.88 bits per heavy atom. The third-order valence-corrected chi connectivity index (χ3v) is 4.45. The normalized spacial score (nSPS) is 21.3. The fourth-order valence-corrected chi connectivity index (χ4v) is 3.35. The topological polar surface area (TPSA) is 90.8 Å². The Labute approximate surface area is 138 Å². The van der Waals surface area contributed by atoms with E-state index in [1.165, 1.54) is 0 Å². The largest absolute Gasteiger partial charge is 0.465 e. The lowest BCUT2D eigenvalue weighted by molar-refractivity contribution is -0.123. The van der Waals surface area contributed by atoms with Crippen molar-refractivity contribution in [2.45, 2.75) is 18.4 Å². The highest BCUT2D eigenvalue weighted by atomic mass is 16.4. The molecular weight excluding hydrogens is 306 g/mol. The van der Waals surface area contributed by atoms with E-state index in [1.54, 1.807) is 12.1 Å². The van der Waals surface area contributed by atoms with Crippen LogP contribution in [0.2, 0.25) is 0 Å². The monoisotopic (exact) mass is 321 g/mol. The van der Waals surface area contributed by atoms with Gasteiger partial charge in [-0.3, -0.25) is 15.1 Å². The average Bonchev–Trinajstić information content (AvgIpc) is 3.08. The molecule has 0 fully saturated rings. The van der Waals surface area contributed by atoms with E-state index in [0.717, 1.165) is 16.7 Å². The molecule has 3 N–H and O–H groups in total. The summed E-state index contributed by atoms with van der Waals surface area (Å²) in [5.74, 6) is 0.489.